The van der Waals surface area contributed by atoms with Gasteiger partial charge in [-0.2, -0.15) is 0 Å². The molecular weight excluding hydrogens is 384 g/mol. The van der Waals surface area contributed by atoms with Gasteiger partial charge in [0.15, 0.2) is 0 Å². The van der Waals surface area contributed by atoms with Crippen molar-refractivity contribution in [2.24, 2.45) is 0 Å². The number of benzene rings is 2. The van der Waals surface area contributed by atoms with Gasteiger partial charge in [-0.3, -0.25) is 9.59 Å². The number of hydrogen-bond acceptors (Lipinski definition) is 4. The molecule has 0 fully saturated rings. The summed E-state index contributed by atoms with van der Waals surface area (Å²) >= 11 is 1.54. The lowest BCUT2D eigenvalue weighted by Crippen LogP contribution is -2.23. The number of carbonyl (C=O) groups excluding carboxylic acids is 2. The third-order valence-corrected chi connectivity index (χ3v) is 5.88. The third-order valence-electron chi connectivity index (χ3n) is 4.64. The van der Waals surface area contributed by atoms with Gasteiger partial charge in [0.1, 0.15) is 5.75 Å². The normalized spacial score (nSPS) is 11.6. The first-order valence-corrected chi connectivity index (χ1v) is 10.8. The second-order valence-corrected chi connectivity index (χ2v) is 8.57. The zero-order valence-corrected chi connectivity index (χ0v) is 18.6. The summed E-state index contributed by atoms with van der Waals surface area (Å²) in [6.07, 6.45) is 1.15. The number of carbonyl (C=O) groups is 2. The van der Waals surface area contributed by atoms with Crippen molar-refractivity contribution in [3.63, 3.8) is 0 Å². The first-order chi connectivity index (χ1) is 13.8. The van der Waals surface area contributed by atoms with Gasteiger partial charge in [-0.1, -0.05) is 24.3 Å². The van der Waals surface area contributed by atoms with E-state index < -0.39 is 0 Å². The van der Waals surface area contributed by atoms with Crippen LogP contribution in [0.4, 0.5) is 11.4 Å². The molecule has 0 heterocycles. The van der Waals surface area contributed by atoms with Crippen LogP contribution in [0.1, 0.15) is 36.5 Å². The van der Waals surface area contributed by atoms with E-state index in [2.05, 4.69) is 10.6 Å². The molecule has 0 radical (unpaired) electrons. The minimum absolute atomic E-state index is 0.00426. The monoisotopic (exact) mass is 414 g/mol. The van der Waals surface area contributed by atoms with E-state index in [1.807, 2.05) is 64.1 Å². The van der Waals surface area contributed by atoms with Crippen molar-refractivity contribution >= 4 is 35.0 Å². The van der Waals surface area contributed by atoms with E-state index in [9.17, 15) is 9.59 Å². The molecule has 29 heavy (non-hydrogen) atoms. The number of nitrogens with one attached hydrogen (secondary N) is 2. The highest BCUT2D eigenvalue weighted by atomic mass is 32.2. The van der Waals surface area contributed by atoms with Crippen LogP contribution in [0.3, 0.4) is 0 Å². The van der Waals surface area contributed by atoms with Crippen molar-refractivity contribution in [3.05, 3.63) is 53.1 Å². The molecule has 0 aromatic heterocycles. The van der Waals surface area contributed by atoms with Crippen molar-refractivity contribution in [2.45, 2.75) is 45.8 Å². The average Bonchev–Trinajstić information content (AvgIpc) is 2.68. The van der Waals surface area contributed by atoms with Gasteiger partial charge < -0.3 is 15.4 Å². The van der Waals surface area contributed by atoms with Gasteiger partial charge in [0.05, 0.1) is 18.0 Å². The number of para-hydroxylation sites is 1. The molecule has 0 saturated carbocycles. The Kier molecular flexibility index (Phi) is 8.58. The average molecular weight is 415 g/mol. The second-order valence-electron chi connectivity index (χ2n) is 7.12. The van der Waals surface area contributed by atoms with Crippen molar-refractivity contribution in [3.8, 4) is 5.75 Å². The summed E-state index contributed by atoms with van der Waals surface area (Å²) in [5.74, 6) is 1.31. The fourth-order valence-corrected chi connectivity index (χ4v) is 3.81. The van der Waals surface area contributed by atoms with E-state index in [0.717, 1.165) is 28.1 Å². The van der Waals surface area contributed by atoms with Gasteiger partial charge >= 0.3 is 0 Å². The summed E-state index contributed by atoms with van der Waals surface area (Å²) in [5, 5.41) is 5.71. The third kappa shape index (κ3) is 6.82. The lowest BCUT2D eigenvalue weighted by atomic mass is 10.1. The topological polar surface area (TPSA) is 67.4 Å². The van der Waals surface area contributed by atoms with Gasteiger partial charge in [0, 0.05) is 12.1 Å². The van der Waals surface area contributed by atoms with Crippen LogP contribution in [0.15, 0.2) is 36.4 Å². The first-order valence-electron chi connectivity index (χ1n) is 9.75. The highest BCUT2D eigenvalue weighted by Crippen LogP contribution is 2.26. The van der Waals surface area contributed by atoms with E-state index in [1.54, 1.807) is 18.9 Å². The van der Waals surface area contributed by atoms with E-state index in [4.69, 9.17) is 4.74 Å². The number of hydrogen-bond donors (Lipinski definition) is 2. The van der Waals surface area contributed by atoms with Crippen LogP contribution >= 0.6 is 11.8 Å². The maximum absolute atomic E-state index is 12.5. The number of rotatable bonds is 9. The Morgan fingerprint density at radius 2 is 1.76 bits per heavy atom. The molecular formula is C23H30N2O3S. The largest absolute Gasteiger partial charge is 0.495 e. The number of ether oxygens (including phenoxy) is 1. The minimum Gasteiger partial charge on any atom is -0.495 e. The van der Waals surface area contributed by atoms with Gasteiger partial charge in [0.2, 0.25) is 11.8 Å². The van der Waals surface area contributed by atoms with Gasteiger partial charge in [0.25, 0.3) is 0 Å². The van der Waals surface area contributed by atoms with Crippen LogP contribution in [0.2, 0.25) is 0 Å². The summed E-state index contributed by atoms with van der Waals surface area (Å²) in [7, 11) is 1.59. The maximum atomic E-state index is 12.5. The lowest BCUT2D eigenvalue weighted by molar-refractivity contribution is -0.116. The minimum atomic E-state index is -0.220. The second kappa shape index (κ2) is 10.9. The van der Waals surface area contributed by atoms with Crippen molar-refractivity contribution in [2.75, 3.05) is 23.5 Å². The van der Waals surface area contributed by atoms with Crippen LogP contribution in [0, 0.1) is 20.8 Å². The Morgan fingerprint density at radius 3 is 2.41 bits per heavy atom. The smallest absolute Gasteiger partial charge is 0.237 e. The highest BCUT2D eigenvalue weighted by molar-refractivity contribution is 8.00. The molecule has 6 heteroatoms. The zero-order chi connectivity index (χ0) is 21.4. The highest BCUT2D eigenvalue weighted by Gasteiger charge is 2.16. The van der Waals surface area contributed by atoms with Crippen molar-refractivity contribution in [1.82, 2.24) is 0 Å². The Balaban J connectivity index is 1.76. The fraction of sp³-hybridized carbons (Fsp3) is 0.391. The SMILES string of the molecule is COc1ccc(C)cc1NC(=O)C(C)SCCCC(=O)Nc1c(C)cccc1C. The number of anilines is 2. The van der Waals surface area contributed by atoms with E-state index in [1.165, 1.54) is 0 Å². The molecule has 0 spiro atoms. The van der Waals surface area contributed by atoms with Gasteiger partial charge in [-0.25, -0.2) is 0 Å². The summed E-state index contributed by atoms with van der Waals surface area (Å²) < 4.78 is 5.31. The van der Waals surface area contributed by atoms with Crippen LogP contribution < -0.4 is 15.4 Å². The molecule has 156 valence electrons. The van der Waals surface area contributed by atoms with Crippen LogP contribution in [0.5, 0.6) is 5.75 Å². The molecule has 0 saturated heterocycles. The molecule has 5 nitrogen and oxygen atoms in total. The number of thioether (sulfide) groups is 1. The molecule has 2 rings (SSSR count). The Labute approximate surface area is 177 Å². The van der Waals surface area contributed by atoms with E-state index in [0.29, 0.717) is 24.3 Å². The van der Waals surface area contributed by atoms with Gasteiger partial charge in [-0.15, -0.1) is 11.8 Å². The molecule has 0 aliphatic carbocycles. The number of amides is 2. The maximum Gasteiger partial charge on any atom is 0.237 e. The zero-order valence-electron chi connectivity index (χ0n) is 17.8. The molecule has 1 unspecified atom stereocenters. The molecule has 2 aromatic carbocycles. The number of methoxy groups -OCH3 is 1. The predicted octanol–water partition coefficient (Wildman–Crippen LogP) is 5.10. The first kappa shape index (κ1) is 22.8. The van der Waals surface area contributed by atoms with E-state index >= 15 is 0 Å². The quantitative estimate of drug-likeness (QED) is 0.560. The Bertz CT molecular complexity index is 847. The molecule has 2 N–H and O–H groups in total. The molecule has 0 aliphatic rings. The Morgan fingerprint density at radius 1 is 1.07 bits per heavy atom. The summed E-state index contributed by atoms with van der Waals surface area (Å²) in [6.45, 7) is 7.82. The summed E-state index contributed by atoms with van der Waals surface area (Å²) in [5.41, 5.74) is 4.74. The summed E-state index contributed by atoms with van der Waals surface area (Å²) in [6, 6.07) is 11.6. The number of aryl methyl sites for hydroxylation is 3. The summed E-state index contributed by atoms with van der Waals surface area (Å²) in [4.78, 5) is 24.7. The lowest BCUT2D eigenvalue weighted by Gasteiger charge is -2.15. The molecule has 0 bridgehead atoms. The van der Waals surface area contributed by atoms with Crippen LogP contribution in [0.25, 0.3) is 0 Å². The molecule has 1 atom stereocenters. The van der Waals surface area contributed by atoms with Crippen LogP contribution in [-0.2, 0) is 9.59 Å². The van der Waals surface area contributed by atoms with Gasteiger partial charge in [-0.05, 0) is 68.7 Å². The van der Waals surface area contributed by atoms with Crippen LogP contribution in [-0.4, -0.2) is 29.9 Å². The molecule has 0 aliphatic heterocycles. The van der Waals surface area contributed by atoms with Crippen molar-refractivity contribution in [1.29, 1.82) is 0 Å². The van der Waals surface area contributed by atoms with E-state index in [-0.39, 0.29) is 17.1 Å². The fourth-order valence-electron chi connectivity index (χ4n) is 2.94. The Hall–Kier alpha value is -2.47. The standard InChI is InChI=1S/C23H30N2O3S/c1-15-11-12-20(28-5)19(14-15)24-23(27)18(4)29-13-7-10-21(26)25-22-16(2)8-6-9-17(22)3/h6,8-9,11-12,14,18H,7,10,13H2,1-5H3,(H,24,27)(H,25,26). The van der Waals surface area contributed by atoms with Crippen molar-refractivity contribution < 1.29 is 14.3 Å². The molecule has 2 aromatic rings. The predicted molar refractivity (Wildman–Crippen MR) is 122 cm³/mol. The molecule has 2 amide bonds.